The molecule has 0 saturated heterocycles. The molecule has 2 aromatic rings. The van der Waals surface area contributed by atoms with Gasteiger partial charge >= 0.3 is 5.97 Å². The Morgan fingerprint density at radius 2 is 1.83 bits per heavy atom. The lowest BCUT2D eigenvalue weighted by atomic mass is 9.87. The first-order chi connectivity index (χ1) is 11.0. The Morgan fingerprint density at radius 3 is 2.43 bits per heavy atom. The molecule has 0 fully saturated rings. The van der Waals surface area contributed by atoms with Crippen molar-refractivity contribution in [2.45, 2.75) is 32.2 Å². The zero-order chi connectivity index (χ0) is 16.8. The van der Waals surface area contributed by atoms with E-state index in [-0.39, 0.29) is 17.2 Å². The van der Waals surface area contributed by atoms with Gasteiger partial charge in [-0.1, -0.05) is 44.2 Å². The molecule has 0 radical (unpaired) electrons. The van der Waals surface area contributed by atoms with Crippen LogP contribution >= 0.6 is 0 Å². The summed E-state index contributed by atoms with van der Waals surface area (Å²) >= 11 is 0. The highest BCUT2D eigenvalue weighted by atomic mass is 16.4. The van der Waals surface area contributed by atoms with Crippen LogP contribution in [0.1, 0.15) is 47.7 Å². The van der Waals surface area contributed by atoms with Crippen LogP contribution in [-0.2, 0) is 0 Å². The molecule has 0 aliphatic rings. The van der Waals surface area contributed by atoms with Gasteiger partial charge in [0.25, 0.3) is 0 Å². The zero-order valence-electron chi connectivity index (χ0n) is 13.5. The largest absolute Gasteiger partial charge is 0.508 e. The molecule has 4 heteroatoms. The van der Waals surface area contributed by atoms with Crippen LogP contribution in [-0.4, -0.2) is 28.8 Å². The smallest absolute Gasteiger partial charge is 0.335 e. The van der Waals surface area contributed by atoms with Gasteiger partial charge in [-0.25, -0.2) is 4.79 Å². The summed E-state index contributed by atoms with van der Waals surface area (Å²) in [4.78, 5) is 11.2. The van der Waals surface area contributed by atoms with Crippen LogP contribution in [0.3, 0.4) is 0 Å². The number of phenols is 1. The third-order valence-electron chi connectivity index (χ3n) is 3.84. The number of phenolic OH excluding ortho intramolecular Hbond substituents is 1. The molecule has 0 aliphatic heterocycles. The molecule has 0 saturated carbocycles. The fourth-order valence-electron chi connectivity index (χ4n) is 2.67. The van der Waals surface area contributed by atoms with Gasteiger partial charge in [0.1, 0.15) is 5.75 Å². The average molecular weight is 313 g/mol. The van der Waals surface area contributed by atoms with Crippen molar-refractivity contribution >= 4 is 5.97 Å². The van der Waals surface area contributed by atoms with Crippen molar-refractivity contribution in [1.29, 1.82) is 0 Å². The molecular formula is C19H23NO3. The van der Waals surface area contributed by atoms with E-state index < -0.39 is 5.97 Å². The molecule has 1 atom stereocenters. The van der Waals surface area contributed by atoms with E-state index in [1.807, 2.05) is 30.3 Å². The van der Waals surface area contributed by atoms with Crippen molar-refractivity contribution in [3.05, 3.63) is 65.2 Å². The highest BCUT2D eigenvalue weighted by Gasteiger charge is 2.19. The normalized spacial score (nSPS) is 12.3. The van der Waals surface area contributed by atoms with E-state index in [4.69, 9.17) is 0 Å². The molecular weight excluding hydrogens is 290 g/mol. The Balaban J connectivity index is 2.36. The molecule has 23 heavy (non-hydrogen) atoms. The van der Waals surface area contributed by atoms with E-state index in [2.05, 4.69) is 19.2 Å². The lowest BCUT2D eigenvalue weighted by Gasteiger charge is -2.20. The van der Waals surface area contributed by atoms with Crippen molar-refractivity contribution in [3.8, 4) is 5.75 Å². The summed E-state index contributed by atoms with van der Waals surface area (Å²) < 4.78 is 0. The molecule has 0 aromatic heterocycles. The Hall–Kier alpha value is -2.33. The van der Waals surface area contributed by atoms with Gasteiger partial charge in [0.05, 0.1) is 5.56 Å². The molecule has 4 nitrogen and oxygen atoms in total. The Bertz CT molecular complexity index is 653. The van der Waals surface area contributed by atoms with E-state index in [9.17, 15) is 15.0 Å². The lowest BCUT2D eigenvalue weighted by molar-refractivity contribution is 0.0696. The second-order valence-electron chi connectivity index (χ2n) is 5.94. The first-order valence-corrected chi connectivity index (χ1v) is 7.83. The summed E-state index contributed by atoms with van der Waals surface area (Å²) in [6.45, 7) is 4.95. The predicted octanol–water partition coefficient (Wildman–Crippen LogP) is 3.61. The van der Waals surface area contributed by atoms with E-state index in [1.165, 1.54) is 12.1 Å². The topological polar surface area (TPSA) is 69.6 Å². The molecule has 3 N–H and O–H groups in total. The van der Waals surface area contributed by atoms with Gasteiger partial charge in [0.2, 0.25) is 0 Å². The SMILES string of the molecule is CC(C)NCC[C@H](c1ccccc1)c1cc(C(=O)O)ccc1O. The van der Waals surface area contributed by atoms with Crippen molar-refractivity contribution in [2.75, 3.05) is 6.54 Å². The number of nitrogens with one attached hydrogen (secondary N) is 1. The maximum atomic E-state index is 11.2. The van der Waals surface area contributed by atoms with Crippen LogP contribution < -0.4 is 5.32 Å². The number of benzene rings is 2. The summed E-state index contributed by atoms with van der Waals surface area (Å²) in [7, 11) is 0. The van der Waals surface area contributed by atoms with Gasteiger partial charge in [-0.2, -0.15) is 0 Å². The van der Waals surface area contributed by atoms with Gasteiger partial charge in [-0.3, -0.25) is 0 Å². The Morgan fingerprint density at radius 1 is 1.13 bits per heavy atom. The van der Waals surface area contributed by atoms with Crippen LogP contribution in [0.4, 0.5) is 0 Å². The standard InChI is InChI=1S/C19H23NO3/c1-13(2)20-11-10-16(14-6-4-3-5-7-14)17-12-15(19(22)23)8-9-18(17)21/h3-9,12-13,16,20-21H,10-11H2,1-2H3,(H,22,23)/t16-/m1/s1. The molecule has 122 valence electrons. The molecule has 0 bridgehead atoms. The van der Waals surface area contributed by atoms with Crippen LogP contribution in [0.25, 0.3) is 0 Å². The summed E-state index contributed by atoms with van der Waals surface area (Å²) in [6, 6.07) is 14.7. The third-order valence-corrected chi connectivity index (χ3v) is 3.84. The van der Waals surface area contributed by atoms with Crippen molar-refractivity contribution < 1.29 is 15.0 Å². The minimum Gasteiger partial charge on any atom is -0.508 e. The predicted molar refractivity (Wildman–Crippen MR) is 91.1 cm³/mol. The van der Waals surface area contributed by atoms with Crippen molar-refractivity contribution in [2.24, 2.45) is 0 Å². The molecule has 0 heterocycles. The highest BCUT2D eigenvalue weighted by Crippen LogP contribution is 2.34. The van der Waals surface area contributed by atoms with Crippen molar-refractivity contribution in [1.82, 2.24) is 5.32 Å². The number of aromatic hydroxyl groups is 1. The summed E-state index contributed by atoms with van der Waals surface area (Å²) in [5, 5.41) is 22.8. The van der Waals surface area contributed by atoms with Crippen molar-refractivity contribution in [3.63, 3.8) is 0 Å². The van der Waals surface area contributed by atoms with Crippen LogP contribution in [0, 0.1) is 0 Å². The number of aromatic carboxylic acids is 1. The van der Waals surface area contributed by atoms with Crippen LogP contribution in [0.15, 0.2) is 48.5 Å². The van der Waals surface area contributed by atoms with Crippen LogP contribution in [0.5, 0.6) is 5.75 Å². The van der Waals surface area contributed by atoms with E-state index in [0.29, 0.717) is 11.6 Å². The summed E-state index contributed by atoms with van der Waals surface area (Å²) in [5.41, 5.74) is 1.91. The summed E-state index contributed by atoms with van der Waals surface area (Å²) in [6.07, 6.45) is 0.777. The number of carboxylic acid groups (broad SMARTS) is 1. The summed E-state index contributed by atoms with van der Waals surface area (Å²) in [5.74, 6) is -0.909. The average Bonchev–Trinajstić information content (AvgIpc) is 2.53. The van der Waals surface area contributed by atoms with E-state index >= 15 is 0 Å². The maximum Gasteiger partial charge on any atom is 0.335 e. The highest BCUT2D eigenvalue weighted by molar-refractivity contribution is 5.88. The fraction of sp³-hybridized carbons (Fsp3) is 0.316. The van der Waals surface area contributed by atoms with Crippen LogP contribution in [0.2, 0.25) is 0 Å². The number of rotatable bonds is 7. The number of hydrogen-bond donors (Lipinski definition) is 3. The Kier molecular flexibility index (Phi) is 5.77. The molecule has 0 aliphatic carbocycles. The maximum absolute atomic E-state index is 11.2. The second kappa shape index (κ2) is 7.79. The first kappa shape index (κ1) is 17.0. The number of carboxylic acids is 1. The molecule has 0 spiro atoms. The number of carbonyl (C=O) groups is 1. The molecule has 2 rings (SSSR count). The Labute approximate surface area is 136 Å². The second-order valence-corrected chi connectivity index (χ2v) is 5.94. The minimum atomic E-state index is -0.988. The molecule has 0 amide bonds. The monoisotopic (exact) mass is 313 g/mol. The third kappa shape index (κ3) is 4.57. The lowest BCUT2D eigenvalue weighted by Crippen LogP contribution is -2.25. The zero-order valence-corrected chi connectivity index (χ0v) is 13.5. The molecule has 2 aromatic carbocycles. The van der Waals surface area contributed by atoms with Gasteiger partial charge in [-0.05, 0) is 36.7 Å². The van der Waals surface area contributed by atoms with Gasteiger partial charge < -0.3 is 15.5 Å². The first-order valence-electron chi connectivity index (χ1n) is 7.83. The van der Waals surface area contributed by atoms with Gasteiger partial charge in [0, 0.05) is 17.5 Å². The van der Waals surface area contributed by atoms with E-state index in [0.717, 1.165) is 18.5 Å². The van der Waals surface area contributed by atoms with E-state index in [1.54, 1.807) is 6.07 Å². The minimum absolute atomic E-state index is 0.0539. The van der Waals surface area contributed by atoms with Gasteiger partial charge in [0.15, 0.2) is 0 Å². The van der Waals surface area contributed by atoms with Gasteiger partial charge in [-0.15, -0.1) is 0 Å². The number of hydrogen-bond acceptors (Lipinski definition) is 3. The fourth-order valence-corrected chi connectivity index (χ4v) is 2.67. The molecule has 0 unspecified atom stereocenters. The quantitative estimate of drug-likeness (QED) is 0.730.